The first-order chi connectivity index (χ1) is 17.3. The molecule has 1 fully saturated rings. The number of hydrogen-bond donors (Lipinski definition) is 1. The third kappa shape index (κ3) is 4.62. The molecule has 1 saturated heterocycles. The molecule has 1 atom stereocenters. The summed E-state index contributed by atoms with van der Waals surface area (Å²) in [5.74, 6) is -0.852. The number of carbonyl (C=O) groups is 2. The molecule has 0 spiro atoms. The van der Waals surface area contributed by atoms with Crippen LogP contribution in [0.3, 0.4) is 0 Å². The molecule has 3 aromatic carbocycles. The Hall–Kier alpha value is -3.97. The Bertz CT molecular complexity index is 1330. The quantitative estimate of drug-likeness (QED) is 0.261. The first-order valence-electron chi connectivity index (χ1n) is 11.4. The molecular weight excluding hydrogens is 480 g/mol. The van der Waals surface area contributed by atoms with Gasteiger partial charge in [-0.15, -0.1) is 0 Å². The molecule has 0 bridgehead atoms. The normalized spacial score (nSPS) is 16.8. The van der Waals surface area contributed by atoms with Gasteiger partial charge in [-0.1, -0.05) is 29.8 Å². The van der Waals surface area contributed by atoms with E-state index in [0.717, 1.165) is 5.69 Å². The van der Waals surface area contributed by atoms with Crippen molar-refractivity contribution in [2.24, 2.45) is 0 Å². The zero-order valence-electron chi connectivity index (χ0n) is 20.5. The van der Waals surface area contributed by atoms with E-state index in [1.807, 2.05) is 50.2 Å². The van der Waals surface area contributed by atoms with Gasteiger partial charge in [0.1, 0.15) is 17.3 Å². The summed E-state index contributed by atoms with van der Waals surface area (Å²) in [5, 5.41) is 11.6. The maximum atomic E-state index is 13.4. The number of Topliss-reactive ketones (excluding diaryl/α,β-unsaturated/α-hetero) is 1. The maximum Gasteiger partial charge on any atom is 0.300 e. The van der Waals surface area contributed by atoms with Gasteiger partial charge in [-0.25, -0.2) is 0 Å². The summed E-state index contributed by atoms with van der Waals surface area (Å²) < 4.78 is 10.8. The molecule has 0 saturated carbocycles. The van der Waals surface area contributed by atoms with E-state index >= 15 is 0 Å². The van der Waals surface area contributed by atoms with E-state index in [4.69, 9.17) is 21.1 Å². The number of benzene rings is 3. The minimum Gasteiger partial charge on any atom is -0.507 e. The summed E-state index contributed by atoms with van der Waals surface area (Å²) >= 11 is 6.28. The van der Waals surface area contributed by atoms with Crippen molar-refractivity contribution in [1.82, 2.24) is 0 Å². The Morgan fingerprint density at radius 1 is 1.06 bits per heavy atom. The van der Waals surface area contributed by atoms with Crippen LogP contribution in [-0.2, 0) is 9.59 Å². The Morgan fingerprint density at radius 3 is 2.39 bits per heavy atom. The first kappa shape index (κ1) is 25.1. The zero-order chi connectivity index (χ0) is 26.0. The molecule has 3 aromatic rings. The van der Waals surface area contributed by atoms with Crippen LogP contribution in [0.15, 0.2) is 72.3 Å². The number of halogens is 1. The molecule has 1 unspecified atom stereocenters. The van der Waals surface area contributed by atoms with Crippen LogP contribution in [0.2, 0.25) is 5.02 Å². The van der Waals surface area contributed by atoms with Gasteiger partial charge < -0.3 is 19.5 Å². The van der Waals surface area contributed by atoms with Gasteiger partial charge in [-0.2, -0.15) is 0 Å². The lowest BCUT2D eigenvalue weighted by Gasteiger charge is -2.26. The van der Waals surface area contributed by atoms with Crippen LogP contribution < -0.4 is 19.3 Å². The standard InChI is InChI=1S/C28H27ClN2O5/c1-5-36-21-8-6-7-20(16-21)31-25(17-9-12-19(13-10-17)30(2)3)24(27(33)28(31)34)26(32)18-11-14-23(35-4)22(29)15-18/h6-16,25,32H,5H2,1-4H3/b26-24+. The lowest BCUT2D eigenvalue weighted by Crippen LogP contribution is -2.29. The smallest absolute Gasteiger partial charge is 0.300 e. The van der Waals surface area contributed by atoms with Gasteiger partial charge in [0.15, 0.2) is 0 Å². The number of nitrogens with zero attached hydrogens (tertiary/aromatic N) is 2. The highest BCUT2D eigenvalue weighted by Crippen LogP contribution is 2.43. The van der Waals surface area contributed by atoms with E-state index in [2.05, 4.69) is 0 Å². The molecule has 7 nitrogen and oxygen atoms in total. The van der Waals surface area contributed by atoms with Crippen LogP contribution >= 0.6 is 11.6 Å². The predicted molar refractivity (Wildman–Crippen MR) is 141 cm³/mol. The zero-order valence-corrected chi connectivity index (χ0v) is 21.2. The Kier molecular flexibility index (Phi) is 7.22. The number of ether oxygens (including phenoxy) is 2. The third-order valence-electron chi connectivity index (χ3n) is 6.00. The van der Waals surface area contributed by atoms with Crippen molar-refractivity contribution in [3.8, 4) is 11.5 Å². The van der Waals surface area contributed by atoms with E-state index in [1.165, 1.54) is 18.1 Å². The van der Waals surface area contributed by atoms with Crippen molar-refractivity contribution < 1.29 is 24.2 Å². The van der Waals surface area contributed by atoms with Crippen LogP contribution in [0, 0.1) is 0 Å². The van der Waals surface area contributed by atoms with Gasteiger partial charge in [0, 0.05) is 37.1 Å². The van der Waals surface area contributed by atoms with Crippen molar-refractivity contribution >= 4 is 40.4 Å². The molecule has 1 N–H and O–H groups in total. The number of amides is 1. The summed E-state index contributed by atoms with van der Waals surface area (Å²) in [4.78, 5) is 30.1. The topological polar surface area (TPSA) is 79.3 Å². The monoisotopic (exact) mass is 506 g/mol. The highest BCUT2D eigenvalue weighted by molar-refractivity contribution is 6.51. The van der Waals surface area contributed by atoms with Gasteiger partial charge in [0.2, 0.25) is 0 Å². The third-order valence-corrected chi connectivity index (χ3v) is 6.30. The average molecular weight is 507 g/mol. The Labute approximate surface area is 215 Å². The number of carbonyl (C=O) groups excluding carboxylic acids is 2. The maximum absolute atomic E-state index is 13.4. The van der Waals surface area contributed by atoms with Gasteiger partial charge in [0.05, 0.1) is 30.4 Å². The van der Waals surface area contributed by atoms with Crippen molar-refractivity contribution in [1.29, 1.82) is 0 Å². The number of hydrogen-bond acceptors (Lipinski definition) is 6. The van der Waals surface area contributed by atoms with Crippen LogP contribution in [0.4, 0.5) is 11.4 Å². The predicted octanol–water partition coefficient (Wildman–Crippen LogP) is 5.44. The van der Waals surface area contributed by atoms with E-state index in [-0.39, 0.29) is 16.4 Å². The fourth-order valence-corrected chi connectivity index (χ4v) is 4.49. The molecule has 4 rings (SSSR count). The SMILES string of the molecule is CCOc1cccc(N2C(=O)C(=O)/C(=C(/O)c3ccc(OC)c(Cl)c3)C2c2ccc(N(C)C)cc2)c1. The van der Waals surface area contributed by atoms with Crippen molar-refractivity contribution in [3.63, 3.8) is 0 Å². The van der Waals surface area contributed by atoms with Crippen molar-refractivity contribution in [3.05, 3.63) is 88.5 Å². The van der Waals surface area contributed by atoms with Gasteiger partial charge in [0.25, 0.3) is 11.7 Å². The van der Waals surface area contributed by atoms with Crippen molar-refractivity contribution in [2.75, 3.05) is 37.6 Å². The fraction of sp³-hybridized carbons (Fsp3) is 0.214. The summed E-state index contributed by atoms with van der Waals surface area (Å²) in [6.45, 7) is 2.32. The number of anilines is 2. The Morgan fingerprint density at radius 2 is 1.78 bits per heavy atom. The Balaban J connectivity index is 1.91. The molecule has 1 aliphatic rings. The number of rotatable bonds is 7. The van der Waals surface area contributed by atoms with Crippen LogP contribution in [0.5, 0.6) is 11.5 Å². The highest BCUT2D eigenvalue weighted by Gasteiger charge is 2.47. The second-order valence-electron chi connectivity index (χ2n) is 8.43. The largest absolute Gasteiger partial charge is 0.507 e. The minimum absolute atomic E-state index is 0.0272. The molecule has 8 heteroatoms. The molecule has 1 amide bonds. The molecule has 1 aliphatic heterocycles. The van der Waals surface area contributed by atoms with E-state index in [1.54, 1.807) is 36.4 Å². The molecular formula is C28H27ClN2O5. The summed E-state index contributed by atoms with van der Waals surface area (Å²) in [6, 6.07) is 18.3. The summed E-state index contributed by atoms with van der Waals surface area (Å²) in [6.07, 6.45) is 0. The van der Waals surface area contributed by atoms with E-state index < -0.39 is 17.7 Å². The lowest BCUT2D eigenvalue weighted by atomic mass is 9.95. The molecule has 1 heterocycles. The van der Waals surface area contributed by atoms with Gasteiger partial charge >= 0.3 is 0 Å². The molecule has 0 aromatic heterocycles. The number of ketones is 1. The molecule has 36 heavy (non-hydrogen) atoms. The highest BCUT2D eigenvalue weighted by atomic mass is 35.5. The lowest BCUT2D eigenvalue weighted by molar-refractivity contribution is -0.132. The first-order valence-corrected chi connectivity index (χ1v) is 11.8. The van der Waals surface area contributed by atoms with Crippen molar-refractivity contribution in [2.45, 2.75) is 13.0 Å². The second kappa shape index (κ2) is 10.3. The molecule has 186 valence electrons. The van der Waals surface area contributed by atoms with Gasteiger partial charge in [-0.3, -0.25) is 14.5 Å². The fourth-order valence-electron chi connectivity index (χ4n) is 4.23. The van der Waals surface area contributed by atoms with E-state index in [0.29, 0.717) is 34.9 Å². The number of aliphatic hydroxyl groups is 1. The van der Waals surface area contributed by atoms with Crippen LogP contribution in [0.25, 0.3) is 5.76 Å². The average Bonchev–Trinajstić information content (AvgIpc) is 3.14. The van der Waals surface area contributed by atoms with Crippen LogP contribution in [-0.4, -0.2) is 44.6 Å². The summed E-state index contributed by atoms with van der Waals surface area (Å²) in [5.41, 5.74) is 2.38. The second-order valence-corrected chi connectivity index (χ2v) is 8.84. The van der Waals surface area contributed by atoms with E-state index in [9.17, 15) is 14.7 Å². The molecule has 0 aliphatic carbocycles. The van der Waals surface area contributed by atoms with Gasteiger partial charge in [-0.05, 0) is 55.0 Å². The van der Waals surface area contributed by atoms with Crippen LogP contribution in [0.1, 0.15) is 24.1 Å². The number of methoxy groups -OCH3 is 1. The number of aliphatic hydroxyl groups excluding tert-OH is 1. The minimum atomic E-state index is -0.862. The summed E-state index contributed by atoms with van der Waals surface area (Å²) in [7, 11) is 5.33. The molecule has 0 radical (unpaired) electrons.